The van der Waals surface area contributed by atoms with Gasteiger partial charge in [-0.05, 0) is 38.6 Å². The topological polar surface area (TPSA) is 37.1 Å². The van der Waals surface area contributed by atoms with Crippen LogP contribution in [-0.2, 0) is 0 Å². The Morgan fingerprint density at radius 2 is 2.07 bits per heavy atom. The first-order valence-corrected chi connectivity index (χ1v) is 5.73. The van der Waals surface area contributed by atoms with Gasteiger partial charge in [0.2, 0.25) is 5.29 Å². The highest BCUT2D eigenvalue weighted by molar-refractivity contribution is 9.10. The summed E-state index contributed by atoms with van der Waals surface area (Å²) in [4.78, 5) is 12.0. The van der Waals surface area contributed by atoms with E-state index in [-0.39, 0.29) is 16.2 Å². The van der Waals surface area contributed by atoms with Crippen LogP contribution in [0.25, 0.3) is 0 Å². The summed E-state index contributed by atoms with van der Waals surface area (Å²) in [5.74, 6) is 0.650. The van der Waals surface area contributed by atoms with Gasteiger partial charge in [-0.25, -0.2) is 9.98 Å². The molecule has 5 heteroatoms. The summed E-state index contributed by atoms with van der Waals surface area (Å²) < 4.78 is 0. The number of amidine groups is 2. The number of rotatable bonds is 3. The number of aliphatic imine (C=N–C) groups is 3. The number of halogens is 2. The molecule has 2 unspecified atom stereocenters. The van der Waals surface area contributed by atoms with Crippen molar-refractivity contribution in [2.45, 2.75) is 38.1 Å². The lowest BCUT2D eigenvalue weighted by Gasteiger charge is -2.07. The fraction of sp³-hybridized carbons (Fsp3) is 0.667. The van der Waals surface area contributed by atoms with E-state index in [0.717, 1.165) is 6.42 Å². The Labute approximate surface area is 98.5 Å². The van der Waals surface area contributed by atoms with E-state index in [4.69, 9.17) is 11.6 Å². The molecule has 80 valence electrons. The molecule has 0 aromatic rings. The molecule has 0 fully saturated rings. The zero-order valence-corrected chi connectivity index (χ0v) is 11.0. The van der Waals surface area contributed by atoms with Gasteiger partial charge in [0.1, 0.15) is 5.84 Å². The standard InChI is InChI=1S/C9H15BrClN3/c1-5-6(2)13-8(7(3)10)14-9(11)12-4/h6-7H,4-5H2,1-3H3. The average molecular weight is 281 g/mol. The first-order chi connectivity index (χ1) is 6.51. The lowest BCUT2D eigenvalue weighted by molar-refractivity contribution is 0.714. The summed E-state index contributed by atoms with van der Waals surface area (Å²) in [6, 6.07) is 0.239. The maximum atomic E-state index is 5.65. The first kappa shape index (κ1) is 13.8. The number of alkyl halides is 1. The van der Waals surface area contributed by atoms with Crippen LogP contribution >= 0.6 is 27.5 Å². The van der Waals surface area contributed by atoms with Crippen molar-refractivity contribution in [1.29, 1.82) is 0 Å². The number of nitrogens with zero attached hydrogens (tertiary/aromatic N) is 3. The normalized spacial score (nSPS) is 17.8. The summed E-state index contributed by atoms with van der Waals surface area (Å²) in [5, 5.41) is 0.123. The summed E-state index contributed by atoms with van der Waals surface area (Å²) >= 11 is 9.05. The molecule has 0 spiro atoms. The molecule has 0 bridgehead atoms. The smallest absolute Gasteiger partial charge is 0.223 e. The molecule has 2 atom stereocenters. The second-order valence-electron chi connectivity index (χ2n) is 2.90. The van der Waals surface area contributed by atoms with Gasteiger partial charge in [-0.15, -0.1) is 0 Å². The summed E-state index contributed by atoms with van der Waals surface area (Å²) in [7, 11) is 0. The fourth-order valence-electron chi connectivity index (χ4n) is 0.667. The van der Waals surface area contributed by atoms with Crippen molar-refractivity contribution in [2.24, 2.45) is 15.0 Å². The molecule has 0 N–H and O–H groups in total. The molecule has 0 heterocycles. The van der Waals surface area contributed by atoms with E-state index in [1.54, 1.807) is 0 Å². The average Bonchev–Trinajstić information content (AvgIpc) is 2.16. The summed E-state index contributed by atoms with van der Waals surface area (Å²) in [5.41, 5.74) is 0. The van der Waals surface area contributed by atoms with Gasteiger partial charge in [0, 0.05) is 6.04 Å². The van der Waals surface area contributed by atoms with E-state index in [1.807, 2.05) is 13.8 Å². The molecule has 3 nitrogen and oxygen atoms in total. The molecule has 0 rings (SSSR count). The molecule has 0 aliphatic carbocycles. The van der Waals surface area contributed by atoms with Crippen molar-refractivity contribution in [1.82, 2.24) is 0 Å². The summed E-state index contributed by atoms with van der Waals surface area (Å²) in [6.07, 6.45) is 0.970. The van der Waals surface area contributed by atoms with Crippen molar-refractivity contribution in [3.63, 3.8) is 0 Å². The Morgan fingerprint density at radius 1 is 1.50 bits per heavy atom. The zero-order valence-electron chi connectivity index (χ0n) is 8.67. The maximum Gasteiger partial charge on any atom is 0.223 e. The molecule has 0 aromatic heterocycles. The number of hydrogen-bond acceptors (Lipinski definition) is 1. The van der Waals surface area contributed by atoms with Gasteiger partial charge >= 0.3 is 0 Å². The fourth-order valence-corrected chi connectivity index (χ4v) is 0.975. The Morgan fingerprint density at radius 3 is 2.43 bits per heavy atom. The molecular formula is C9H15BrClN3. The van der Waals surface area contributed by atoms with Gasteiger partial charge in [0.25, 0.3) is 0 Å². The second kappa shape index (κ2) is 7.12. The molecule has 0 radical (unpaired) electrons. The van der Waals surface area contributed by atoms with E-state index in [0.29, 0.717) is 5.84 Å². The minimum atomic E-state index is 0.0620. The Hall–Kier alpha value is -0.220. The van der Waals surface area contributed by atoms with Crippen LogP contribution < -0.4 is 0 Å². The molecule has 0 saturated carbocycles. The predicted molar refractivity (Wildman–Crippen MR) is 68.4 cm³/mol. The van der Waals surface area contributed by atoms with Gasteiger partial charge in [-0.2, -0.15) is 0 Å². The van der Waals surface area contributed by atoms with E-state index in [2.05, 4.69) is 44.5 Å². The van der Waals surface area contributed by atoms with Crippen LogP contribution in [0.3, 0.4) is 0 Å². The van der Waals surface area contributed by atoms with Gasteiger partial charge in [-0.3, -0.25) is 4.99 Å². The van der Waals surface area contributed by atoms with Crippen molar-refractivity contribution < 1.29 is 0 Å². The third-order valence-corrected chi connectivity index (χ3v) is 2.25. The van der Waals surface area contributed by atoms with Gasteiger partial charge in [0.15, 0.2) is 0 Å². The van der Waals surface area contributed by atoms with Crippen molar-refractivity contribution in [3.8, 4) is 0 Å². The van der Waals surface area contributed by atoms with Crippen LogP contribution in [0.4, 0.5) is 0 Å². The molecule has 0 saturated heterocycles. The third-order valence-electron chi connectivity index (χ3n) is 1.64. The maximum absolute atomic E-state index is 5.65. The molecule has 0 aliphatic heterocycles. The minimum absolute atomic E-state index is 0.0620. The molecule has 0 amide bonds. The van der Waals surface area contributed by atoms with Gasteiger partial charge in [-0.1, -0.05) is 22.9 Å². The molecular weight excluding hydrogens is 265 g/mol. The molecule has 14 heavy (non-hydrogen) atoms. The SMILES string of the molecule is C=NC(Cl)=NC(=NC(C)CC)C(C)Br. The predicted octanol–water partition coefficient (Wildman–Crippen LogP) is 3.26. The lowest BCUT2D eigenvalue weighted by Crippen LogP contribution is -2.12. The van der Waals surface area contributed by atoms with E-state index >= 15 is 0 Å². The van der Waals surface area contributed by atoms with Crippen molar-refractivity contribution in [2.75, 3.05) is 0 Å². The van der Waals surface area contributed by atoms with Crippen LogP contribution in [0.15, 0.2) is 15.0 Å². The molecule has 0 aliphatic rings. The highest BCUT2D eigenvalue weighted by Crippen LogP contribution is 2.07. The zero-order chi connectivity index (χ0) is 11.1. The minimum Gasteiger partial charge on any atom is -0.266 e. The van der Waals surface area contributed by atoms with Gasteiger partial charge < -0.3 is 0 Å². The molecule has 0 aromatic carbocycles. The van der Waals surface area contributed by atoms with Crippen LogP contribution in [0.1, 0.15) is 27.2 Å². The van der Waals surface area contributed by atoms with Crippen LogP contribution in [-0.4, -0.2) is 28.7 Å². The quantitative estimate of drug-likeness (QED) is 0.329. The van der Waals surface area contributed by atoms with E-state index in [1.165, 1.54) is 0 Å². The lowest BCUT2D eigenvalue weighted by atomic mass is 10.3. The van der Waals surface area contributed by atoms with Crippen LogP contribution in [0, 0.1) is 0 Å². The largest absolute Gasteiger partial charge is 0.266 e. The third kappa shape index (κ3) is 5.50. The highest BCUT2D eigenvalue weighted by atomic mass is 79.9. The Bertz CT molecular complexity index is 248. The number of hydrogen-bond donors (Lipinski definition) is 0. The Balaban J connectivity index is 4.77. The van der Waals surface area contributed by atoms with Crippen molar-refractivity contribution in [3.05, 3.63) is 0 Å². The van der Waals surface area contributed by atoms with E-state index < -0.39 is 0 Å². The van der Waals surface area contributed by atoms with Crippen molar-refractivity contribution >= 4 is 45.4 Å². The van der Waals surface area contributed by atoms with Crippen LogP contribution in [0.5, 0.6) is 0 Å². The second-order valence-corrected chi connectivity index (χ2v) is 4.61. The van der Waals surface area contributed by atoms with Crippen LogP contribution in [0.2, 0.25) is 0 Å². The Kier molecular flexibility index (Phi) is 7.01. The summed E-state index contributed by atoms with van der Waals surface area (Å²) in [6.45, 7) is 9.33. The first-order valence-electron chi connectivity index (χ1n) is 4.43. The highest BCUT2D eigenvalue weighted by Gasteiger charge is 2.08. The van der Waals surface area contributed by atoms with E-state index in [9.17, 15) is 0 Å². The van der Waals surface area contributed by atoms with Gasteiger partial charge in [0.05, 0.1) is 4.83 Å². The monoisotopic (exact) mass is 279 g/mol.